The zero-order chi connectivity index (χ0) is 15.3. The van der Waals surface area contributed by atoms with Crippen LogP contribution >= 0.6 is 0 Å². The van der Waals surface area contributed by atoms with Crippen LogP contribution < -0.4 is 4.72 Å². The summed E-state index contributed by atoms with van der Waals surface area (Å²) in [5.74, 6) is -1.63. The Balaban J connectivity index is 3.07. The van der Waals surface area contributed by atoms with Crippen LogP contribution in [0.1, 0.15) is 17.3 Å². The highest BCUT2D eigenvalue weighted by atomic mass is 32.2. The largest absolute Gasteiger partial charge is 0.480 e. The van der Waals surface area contributed by atoms with Crippen molar-refractivity contribution >= 4 is 21.8 Å². The smallest absolute Gasteiger partial charge is 0.324 e. The van der Waals surface area contributed by atoms with Crippen molar-refractivity contribution in [2.75, 3.05) is 13.7 Å². The number of methoxy groups -OCH3 is 1. The Kier molecular flexibility index (Phi) is 5.37. The van der Waals surface area contributed by atoms with Crippen LogP contribution in [0.4, 0.5) is 0 Å². The summed E-state index contributed by atoms with van der Waals surface area (Å²) >= 11 is 0. The summed E-state index contributed by atoms with van der Waals surface area (Å²) in [5, 5.41) is 8.90. The molecule has 1 unspecified atom stereocenters. The molecule has 0 fully saturated rings. The normalized spacial score (nSPS) is 12.9. The van der Waals surface area contributed by atoms with E-state index in [1.165, 1.54) is 38.3 Å². The number of aliphatic carboxylic acids is 1. The molecule has 0 heterocycles. The number of carboxylic acids is 1. The molecule has 8 heteroatoms. The monoisotopic (exact) mass is 301 g/mol. The van der Waals surface area contributed by atoms with E-state index in [-0.39, 0.29) is 22.8 Å². The molecule has 0 amide bonds. The molecular formula is C12H15NO6S. The highest BCUT2D eigenvalue weighted by molar-refractivity contribution is 7.89. The van der Waals surface area contributed by atoms with Crippen LogP contribution in [0.2, 0.25) is 0 Å². The number of sulfonamides is 1. The van der Waals surface area contributed by atoms with Crippen LogP contribution in [-0.4, -0.2) is 45.0 Å². The van der Waals surface area contributed by atoms with E-state index in [4.69, 9.17) is 5.11 Å². The van der Waals surface area contributed by atoms with Gasteiger partial charge in [-0.25, -0.2) is 8.42 Å². The number of rotatable bonds is 7. The van der Waals surface area contributed by atoms with E-state index in [0.717, 1.165) is 0 Å². The Bertz CT molecular complexity index is 610. The van der Waals surface area contributed by atoms with Crippen molar-refractivity contribution in [1.29, 1.82) is 0 Å². The van der Waals surface area contributed by atoms with Crippen molar-refractivity contribution in [1.82, 2.24) is 4.72 Å². The van der Waals surface area contributed by atoms with E-state index < -0.39 is 22.0 Å². The van der Waals surface area contributed by atoms with Gasteiger partial charge in [0.25, 0.3) is 0 Å². The maximum absolute atomic E-state index is 12.1. The van der Waals surface area contributed by atoms with Gasteiger partial charge >= 0.3 is 5.97 Å². The van der Waals surface area contributed by atoms with Gasteiger partial charge in [-0.3, -0.25) is 9.59 Å². The Morgan fingerprint density at radius 3 is 2.55 bits per heavy atom. The van der Waals surface area contributed by atoms with Gasteiger partial charge < -0.3 is 9.84 Å². The average Bonchev–Trinajstić information content (AvgIpc) is 2.38. The first-order chi connectivity index (χ1) is 9.27. The van der Waals surface area contributed by atoms with Crippen molar-refractivity contribution < 1.29 is 27.9 Å². The summed E-state index contributed by atoms with van der Waals surface area (Å²) in [6, 6.07) is 3.96. The van der Waals surface area contributed by atoms with E-state index in [1.807, 2.05) is 4.72 Å². The minimum atomic E-state index is -4.05. The van der Waals surface area contributed by atoms with E-state index in [2.05, 4.69) is 4.74 Å². The fourth-order valence-electron chi connectivity index (χ4n) is 1.46. The first-order valence-corrected chi connectivity index (χ1v) is 7.11. The highest BCUT2D eigenvalue weighted by Gasteiger charge is 2.25. The van der Waals surface area contributed by atoms with Crippen molar-refractivity contribution in [3.63, 3.8) is 0 Å². The van der Waals surface area contributed by atoms with E-state index in [9.17, 15) is 18.0 Å². The Labute approximate surface area is 116 Å². The predicted octanol–water partition coefficient (Wildman–Crippen LogP) is 0.267. The number of carbonyl (C=O) groups is 2. The number of Topliss-reactive ketones (excluding diaryl/α,β-unsaturated/α-hetero) is 1. The van der Waals surface area contributed by atoms with E-state index in [1.54, 1.807) is 0 Å². The zero-order valence-corrected chi connectivity index (χ0v) is 11.8. The molecule has 0 aliphatic heterocycles. The number of ketones is 1. The molecule has 0 saturated carbocycles. The number of nitrogens with one attached hydrogen (secondary N) is 1. The Hall–Kier alpha value is -1.77. The van der Waals surface area contributed by atoms with Crippen molar-refractivity contribution in [2.24, 2.45) is 0 Å². The quantitative estimate of drug-likeness (QED) is 0.699. The minimum Gasteiger partial charge on any atom is -0.480 e. The maximum atomic E-state index is 12.1. The lowest BCUT2D eigenvalue weighted by Gasteiger charge is -2.14. The fraction of sp³-hybridized carbons (Fsp3) is 0.333. The summed E-state index contributed by atoms with van der Waals surface area (Å²) < 4.78 is 30.8. The molecule has 1 aromatic carbocycles. The van der Waals surface area contributed by atoms with Gasteiger partial charge in [0.15, 0.2) is 5.78 Å². The number of carbonyl (C=O) groups excluding carboxylic acids is 1. The number of carboxylic acid groups (broad SMARTS) is 1. The molecule has 0 radical (unpaired) electrons. The number of hydrogen-bond donors (Lipinski definition) is 2. The molecule has 110 valence electrons. The maximum Gasteiger partial charge on any atom is 0.324 e. The summed E-state index contributed by atoms with van der Waals surface area (Å²) in [4.78, 5) is 22.0. The van der Waals surface area contributed by atoms with Gasteiger partial charge in [0.2, 0.25) is 10.0 Å². The summed E-state index contributed by atoms with van der Waals surface area (Å²) in [5.41, 5.74) is 0.228. The van der Waals surface area contributed by atoms with Gasteiger partial charge in [0.1, 0.15) is 6.04 Å². The molecule has 0 aliphatic carbocycles. The van der Waals surface area contributed by atoms with Gasteiger partial charge in [-0.15, -0.1) is 0 Å². The molecule has 1 atom stereocenters. The molecule has 1 aromatic rings. The second kappa shape index (κ2) is 6.60. The molecular weight excluding hydrogens is 286 g/mol. The fourth-order valence-corrected chi connectivity index (χ4v) is 2.68. The van der Waals surface area contributed by atoms with E-state index >= 15 is 0 Å². The van der Waals surface area contributed by atoms with E-state index in [0.29, 0.717) is 0 Å². The molecule has 20 heavy (non-hydrogen) atoms. The number of benzene rings is 1. The lowest BCUT2D eigenvalue weighted by atomic mass is 10.2. The molecule has 0 spiro atoms. The predicted molar refractivity (Wildman–Crippen MR) is 70.1 cm³/mol. The molecule has 0 saturated heterocycles. The molecule has 2 N–H and O–H groups in total. The summed E-state index contributed by atoms with van der Waals surface area (Å²) in [6.45, 7) is 1.01. The van der Waals surface area contributed by atoms with Crippen molar-refractivity contribution in [3.05, 3.63) is 29.8 Å². The van der Waals surface area contributed by atoms with Gasteiger partial charge in [-0.2, -0.15) is 4.72 Å². The van der Waals surface area contributed by atoms with Gasteiger partial charge in [0, 0.05) is 12.7 Å². The summed E-state index contributed by atoms with van der Waals surface area (Å²) in [6.07, 6.45) is 0. The van der Waals surface area contributed by atoms with Crippen LogP contribution in [0.25, 0.3) is 0 Å². The first-order valence-electron chi connectivity index (χ1n) is 5.63. The van der Waals surface area contributed by atoms with Gasteiger partial charge in [-0.05, 0) is 19.1 Å². The van der Waals surface area contributed by atoms with Crippen LogP contribution in [0.3, 0.4) is 0 Å². The molecule has 0 aliphatic rings. The van der Waals surface area contributed by atoms with Crippen molar-refractivity contribution in [3.8, 4) is 0 Å². The third-order valence-electron chi connectivity index (χ3n) is 2.48. The van der Waals surface area contributed by atoms with Gasteiger partial charge in [0.05, 0.1) is 11.5 Å². The molecule has 0 bridgehead atoms. The topological polar surface area (TPSA) is 110 Å². The lowest BCUT2D eigenvalue weighted by Crippen LogP contribution is -2.43. The SMILES string of the molecule is COCC(NS(=O)(=O)c1cccc(C(C)=O)c1)C(=O)O. The van der Waals surface area contributed by atoms with Crippen LogP contribution in [0.5, 0.6) is 0 Å². The summed E-state index contributed by atoms with van der Waals surface area (Å²) in [7, 11) is -2.78. The number of ether oxygens (including phenoxy) is 1. The van der Waals surface area contributed by atoms with Crippen LogP contribution in [-0.2, 0) is 19.6 Å². The van der Waals surface area contributed by atoms with Crippen molar-refractivity contribution in [2.45, 2.75) is 17.9 Å². The molecule has 1 rings (SSSR count). The zero-order valence-electron chi connectivity index (χ0n) is 11.0. The van der Waals surface area contributed by atoms with Crippen LogP contribution in [0, 0.1) is 0 Å². The third-order valence-corrected chi connectivity index (χ3v) is 3.95. The third kappa shape index (κ3) is 4.12. The average molecular weight is 301 g/mol. The lowest BCUT2D eigenvalue weighted by molar-refractivity contribution is -0.140. The standard InChI is InChI=1S/C12H15NO6S/c1-8(14)9-4-3-5-10(6-9)20(17,18)13-11(7-19-2)12(15)16/h3-6,11,13H,7H2,1-2H3,(H,15,16). The minimum absolute atomic E-state index is 0.174. The number of hydrogen-bond acceptors (Lipinski definition) is 5. The Morgan fingerprint density at radius 1 is 1.40 bits per heavy atom. The first kappa shape index (κ1) is 16.3. The van der Waals surface area contributed by atoms with Gasteiger partial charge in [-0.1, -0.05) is 12.1 Å². The molecule has 7 nitrogen and oxygen atoms in total. The second-order valence-electron chi connectivity index (χ2n) is 4.05. The Morgan fingerprint density at radius 2 is 2.05 bits per heavy atom. The molecule has 0 aromatic heterocycles. The second-order valence-corrected chi connectivity index (χ2v) is 5.77. The highest BCUT2D eigenvalue weighted by Crippen LogP contribution is 2.12. The van der Waals surface area contributed by atoms with Crippen LogP contribution in [0.15, 0.2) is 29.2 Å².